The summed E-state index contributed by atoms with van der Waals surface area (Å²) in [4.78, 5) is 2.42. The first-order valence-electron chi connectivity index (χ1n) is 21.1. The molecule has 2 aliphatic carbocycles. The molecule has 0 bridgehead atoms. The number of furan rings is 1. The van der Waals surface area contributed by atoms with Crippen LogP contribution in [0, 0.1) is 0 Å². The Labute approximate surface area is 354 Å². The average molecular weight is 776 g/mol. The Bertz CT molecular complexity index is 3560. The van der Waals surface area contributed by atoms with Crippen LogP contribution < -0.4 is 4.90 Å². The van der Waals surface area contributed by atoms with Crippen LogP contribution >= 0.6 is 0 Å². The fourth-order valence-corrected chi connectivity index (χ4v) is 10.8. The number of hydrogen-bond acceptors (Lipinski definition) is 2. The van der Waals surface area contributed by atoms with Crippen LogP contribution in [0.15, 0.2) is 229 Å². The van der Waals surface area contributed by atoms with Crippen LogP contribution in [-0.4, -0.2) is 0 Å². The molecule has 0 radical (unpaired) electrons. The second kappa shape index (κ2) is 13.0. The van der Waals surface area contributed by atoms with Crippen molar-refractivity contribution in [2.24, 2.45) is 0 Å². The van der Waals surface area contributed by atoms with Crippen LogP contribution in [0.25, 0.3) is 77.2 Å². The lowest BCUT2D eigenvalue weighted by Gasteiger charge is -2.36. The van der Waals surface area contributed by atoms with E-state index in [0.717, 1.165) is 50.1 Å². The quantitative estimate of drug-likeness (QED) is 0.177. The van der Waals surface area contributed by atoms with Gasteiger partial charge in [0.05, 0.1) is 16.8 Å². The normalized spacial score (nSPS) is 14.6. The molecule has 2 heteroatoms. The SMILES string of the molecule is c1ccc(-c2ccccc2N(c2ccc3c(c2)-c2ccccc2-c2ccccc2C32c3ccccc3-c3c2ccc2ccccc32)c2cccc3c2oc2ccccc23)cc1. The molecule has 0 saturated heterocycles. The van der Waals surface area contributed by atoms with E-state index in [0.29, 0.717) is 0 Å². The minimum atomic E-state index is -0.592. The van der Waals surface area contributed by atoms with Crippen molar-refractivity contribution in [3.05, 3.63) is 247 Å². The first-order valence-corrected chi connectivity index (χ1v) is 21.1. The highest BCUT2D eigenvalue weighted by molar-refractivity contribution is 6.11. The number of fused-ring (bicyclic) bond motifs is 17. The van der Waals surface area contributed by atoms with E-state index >= 15 is 0 Å². The molecule has 10 aromatic carbocycles. The molecule has 2 aliphatic rings. The Hall–Kier alpha value is -7.94. The van der Waals surface area contributed by atoms with E-state index in [4.69, 9.17) is 4.42 Å². The monoisotopic (exact) mass is 775 g/mol. The predicted molar refractivity (Wildman–Crippen MR) is 253 cm³/mol. The molecule has 1 spiro atoms. The van der Waals surface area contributed by atoms with Crippen molar-refractivity contribution in [2.75, 3.05) is 4.90 Å². The Balaban J connectivity index is 1.16. The lowest BCUT2D eigenvalue weighted by molar-refractivity contribution is 0.669. The molecule has 11 aromatic rings. The second-order valence-electron chi connectivity index (χ2n) is 16.3. The largest absolute Gasteiger partial charge is 0.454 e. The molecule has 1 unspecified atom stereocenters. The van der Waals surface area contributed by atoms with E-state index < -0.39 is 5.41 Å². The molecule has 0 N–H and O–H groups in total. The Kier molecular flexibility index (Phi) is 7.26. The third kappa shape index (κ3) is 4.73. The van der Waals surface area contributed by atoms with Crippen molar-refractivity contribution in [2.45, 2.75) is 5.41 Å². The van der Waals surface area contributed by atoms with Crippen LogP contribution in [0.5, 0.6) is 0 Å². The summed E-state index contributed by atoms with van der Waals surface area (Å²) in [5, 5.41) is 4.74. The molecule has 1 aromatic heterocycles. The maximum Gasteiger partial charge on any atom is 0.159 e. The van der Waals surface area contributed by atoms with E-state index in [1.807, 2.05) is 6.07 Å². The Morgan fingerprint density at radius 1 is 0.344 bits per heavy atom. The molecule has 13 rings (SSSR count). The molecule has 0 aliphatic heterocycles. The van der Waals surface area contributed by atoms with Gasteiger partial charge in [-0.2, -0.15) is 0 Å². The fraction of sp³-hybridized carbons (Fsp3) is 0.0169. The summed E-state index contributed by atoms with van der Waals surface area (Å²) >= 11 is 0. The Morgan fingerprint density at radius 2 is 0.918 bits per heavy atom. The first-order chi connectivity index (χ1) is 30.3. The van der Waals surface area contributed by atoms with Crippen molar-refractivity contribution in [1.82, 2.24) is 0 Å². The van der Waals surface area contributed by atoms with Gasteiger partial charge >= 0.3 is 0 Å². The molecule has 0 saturated carbocycles. The lowest BCUT2D eigenvalue weighted by Crippen LogP contribution is -2.29. The van der Waals surface area contributed by atoms with Gasteiger partial charge in [-0.3, -0.25) is 0 Å². The molecule has 1 atom stereocenters. The number of hydrogen-bond donors (Lipinski definition) is 0. The third-order valence-electron chi connectivity index (χ3n) is 13.3. The molecule has 1 heterocycles. The molecule has 61 heavy (non-hydrogen) atoms. The summed E-state index contributed by atoms with van der Waals surface area (Å²) in [6.07, 6.45) is 0. The molecule has 2 nitrogen and oxygen atoms in total. The highest BCUT2D eigenvalue weighted by Gasteiger charge is 2.50. The van der Waals surface area contributed by atoms with Crippen molar-refractivity contribution in [3.8, 4) is 44.5 Å². The fourth-order valence-electron chi connectivity index (χ4n) is 10.8. The zero-order chi connectivity index (χ0) is 40.1. The van der Waals surface area contributed by atoms with Gasteiger partial charge in [0.2, 0.25) is 0 Å². The second-order valence-corrected chi connectivity index (χ2v) is 16.3. The van der Waals surface area contributed by atoms with Gasteiger partial charge in [-0.25, -0.2) is 0 Å². The van der Waals surface area contributed by atoms with Crippen LogP contribution in [0.3, 0.4) is 0 Å². The summed E-state index contributed by atoms with van der Waals surface area (Å²) < 4.78 is 6.83. The van der Waals surface area contributed by atoms with Crippen LogP contribution in [0.4, 0.5) is 17.1 Å². The van der Waals surface area contributed by atoms with Crippen LogP contribution in [0.1, 0.15) is 22.3 Å². The van der Waals surface area contributed by atoms with Gasteiger partial charge in [-0.15, -0.1) is 0 Å². The van der Waals surface area contributed by atoms with Crippen molar-refractivity contribution < 1.29 is 4.42 Å². The zero-order valence-corrected chi connectivity index (χ0v) is 33.2. The molecular formula is C59H37NO. The van der Waals surface area contributed by atoms with E-state index in [1.54, 1.807) is 0 Å². The van der Waals surface area contributed by atoms with E-state index in [-0.39, 0.29) is 0 Å². The van der Waals surface area contributed by atoms with E-state index in [9.17, 15) is 0 Å². The number of para-hydroxylation sites is 3. The minimum Gasteiger partial charge on any atom is -0.454 e. The standard InChI is InChI=1S/C59H37NO/c1-2-17-38(18-3-1)41-20-10-14-30-54(41)60(55-31-16-27-47-46-25-11-15-32-56(46)61-58(47)55)40-34-36-52-49(37-40)44-23-7-6-22-43(44)45-24-8-12-28-50(45)59(52)51-29-13-9-26-48(51)57-42-21-5-4-19-39(42)33-35-53(57)59/h1-37H. The smallest absolute Gasteiger partial charge is 0.159 e. The molecule has 0 amide bonds. The van der Waals surface area contributed by atoms with Gasteiger partial charge in [-0.1, -0.05) is 194 Å². The first kappa shape index (κ1) is 34.0. The molecular weight excluding hydrogens is 739 g/mol. The highest BCUT2D eigenvalue weighted by Crippen LogP contribution is 2.63. The van der Waals surface area contributed by atoms with Gasteiger partial charge in [0.1, 0.15) is 5.58 Å². The van der Waals surface area contributed by atoms with Crippen molar-refractivity contribution in [1.29, 1.82) is 0 Å². The lowest BCUT2D eigenvalue weighted by atomic mass is 9.65. The van der Waals surface area contributed by atoms with Gasteiger partial charge in [0.15, 0.2) is 5.58 Å². The van der Waals surface area contributed by atoms with Gasteiger partial charge in [0, 0.05) is 22.0 Å². The predicted octanol–water partition coefficient (Wildman–Crippen LogP) is 15.9. The topological polar surface area (TPSA) is 16.4 Å². The summed E-state index contributed by atoms with van der Waals surface area (Å²) in [6, 6.07) is 82.5. The van der Waals surface area contributed by atoms with E-state index in [1.165, 1.54) is 66.4 Å². The zero-order valence-electron chi connectivity index (χ0n) is 33.2. The summed E-state index contributed by atoms with van der Waals surface area (Å²) in [7, 11) is 0. The molecule has 284 valence electrons. The maximum absolute atomic E-state index is 6.83. The van der Waals surface area contributed by atoms with Crippen molar-refractivity contribution in [3.63, 3.8) is 0 Å². The summed E-state index contributed by atoms with van der Waals surface area (Å²) in [5.74, 6) is 0. The minimum absolute atomic E-state index is 0.592. The summed E-state index contributed by atoms with van der Waals surface area (Å²) in [5.41, 5.74) is 19.3. The number of benzene rings is 10. The van der Waals surface area contributed by atoms with Gasteiger partial charge in [-0.05, 0) is 102 Å². The Morgan fingerprint density at radius 3 is 1.75 bits per heavy atom. The third-order valence-corrected chi connectivity index (χ3v) is 13.3. The van der Waals surface area contributed by atoms with Crippen molar-refractivity contribution >= 4 is 49.8 Å². The van der Waals surface area contributed by atoms with Gasteiger partial charge in [0.25, 0.3) is 0 Å². The summed E-state index contributed by atoms with van der Waals surface area (Å²) in [6.45, 7) is 0. The maximum atomic E-state index is 6.83. The number of nitrogens with zero attached hydrogens (tertiary/aromatic N) is 1. The average Bonchev–Trinajstić information content (AvgIpc) is 3.84. The highest BCUT2D eigenvalue weighted by atomic mass is 16.3. The van der Waals surface area contributed by atoms with Gasteiger partial charge < -0.3 is 9.32 Å². The van der Waals surface area contributed by atoms with E-state index in [2.05, 4.69) is 223 Å². The van der Waals surface area contributed by atoms with Crippen LogP contribution in [0.2, 0.25) is 0 Å². The number of anilines is 3. The number of rotatable bonds is 4. The molecule has 0 fully saturated rings. The van der Waals surface area contributed by atoms with Crippen LogP contribution in [-0.2, 0) is 5.41 Å².